The number of aliphatic hydroxyl groups is 2. The molecule has 66 heavy (non-hydrogen) atoms. The van der Waals surface area contributed by atoms with Crippen molar-refractivity contribution in [2.75, 3.05) is 6.61 Å². The molecule has 3 N–H and O–H groups in total. The summed E-state index contributed by atoms with van der Waals surface area (Å²) in [6.45, 7) is 6.41. The Morgan fingerprint density at radius 1 is 0.439 bits per heavy atom. The first kappa shape index (κ1) is 63.6. The van der Waals surface area contributed by atoms with Gasteiger partial charge in [-0.05, 0) is 44.9 Å². The summed E-state index contributed by atoms with van der Waals surface area (Å²) in [5.74, 6) is -0.506. The van der Waals surface area contributed by atoms with Crippen molar-refractivity contribution in [2.24, 2.45) is 0 Å². The van der Waals surface area contributed by atoms with Crippen LogP contribution < -0.4 is 5.32 Å². The number of unbranched alkanes of at least 4 members (excludes halogenated alkanes) is 33. The fourth-order valence-electron chi connectivity index (χ4n) is 8.64. The normalized spacial score (nSPS) is 13.6. The average Bonchev–Trinajstić information content (AvgIpc) is 3.31. The zero-order chi connectivity index (χ0) is 48.1. The average molecular weight is 925 g/mol. The molecule has 0 saturated heterocycles. The lowest BCUT2D eigenvalue weighted by Crippen LogP contribution is -2.46. The van der Waals surface area contributed by atoms with E-state index >= 15 is 0 Å². The first-order chi connectivity index (χ1) is 32.5. The Bertz CT molecular complexity index is 1170. The molecule has 0 bridgehead atoms. The summed E-state index contributed by atoms with van der Waals surface area (Å²) in [6.07, 6.45) is 67.1. The van der Waals surface area contributed by atoms with Gasteiger partial charge in [0.2, 0.25) is 5.91 Å². The Labute approximate surface area is 409 Å². The van der Waals surface area contributed by atoms with E-state index in [0.29, 0.717) is 19.3 Å². The first-order valence-electron chi connectivity index (χ1n) is 28.6. The van der Waals surface area contributed by atoms with Crippen LogP contribution in [0.25, 0.3) is 0 Å². The largest absolute Gasteiger partial charge is 0.462 e. The maximum Gasteiger partial charge on any atom is 0.306 e. The van der Waals surface area contributed by atoms with Gasteiger partial charge in [0.05, 0.1) is 25.2 Å². The Kier molecular flexibility index (Phi) is 51.5. The monoisotopic (exact) mass is 924 g/mol. The van der Waals surface area contributed by atoms with Crippen molar-refractivity contribution in [1.82, 2.24) is 5.32 Å². The van der Waals surface area contributed by atoms with E-state index in [1.165, 1.54) is 167 Å². The van der Waals surface area contributed by atoms with Crippen LogP contribution in [-0.2, 0) is 14.3 Å². The molecule has 0 aromatic carbocycles. The molecule has 6 heteroatoms. The standard InChI is InChI=1S/C60H109NO5/c1-4-7-10-13-16-19-22-25-28-31-33-36-39-42-45-48-51-56(66-60(65)53-50-47-44-41-38-35-30-27-24-21-18-15-12-9-6-3)54-59(64)61-57(55-62)58(63)52-49-46-43-40-37-34-32-29-26-23-20-17-14-11-8-5-2/h10,13,16,19,22,25,28,31,33,36,56-58,62-63H,4-9,11-12,14-15,17-18,20-21,23-24,26-27,29-30,32,34-35,37-55H2,1-3H3,(H,61,64)/b13-10+,19-16+,25-22+,31-28+,36-33+. The third-order valence-corrected chi connectivity index (χ3v) is 13.0. The first-order valence-corrected chi connectivity index (χ1v) is 28.6. The van der Waals surface area contributed by atoms with Crippen LogP contribution in [0.4, 0.5) is 0 Å². The highest BCUT2D eigenvalue weighted by molar-refractivity contribution is 5.77. The van der Waals surface area contributed by atoms with Crippen LogP contribution in [0.2, 0.25) is 0 Å². The van der Waals surface area contributed by atoms with Gasteiger partial charge in [0, 0.05) is 6.42 Å². The van der Waals surface area contributed by atoms with Gasteiger partial charge >= 0.3 is 5.97 Å². The van der Waals surface area contributed by atoms with Crippen molar-refractivity contribution in [1.29, 1.82) is 0 Å². The Balaban J connectivity index is 4.62. The molecule has 6 nitrogen and oxygen atoms in total. The van der Waals surface area contributed by atoms with Crippen LogP contribution in [0.3, 0.4) is 0 Å². The third kappa shape index (κ3) is 48.0. The van der Waals surface area contributed by atoms with Gasteiger partial charge in [-0.15, -0.1) is 0 Å². The quantitative estimate of drug-likeness (QED) is 0.0321. The van der Waals surface area contributed by atoms with E-state index < -0.39 is 18.2 Å². The van der Waals surface area contributed by atoms with Crippen LogP contribution in [0, 0.1) is 0 Å². The molecule has 0 aliphatic rings. The number of hydrogen-bond acceptors (Lipinski definition) is 5. The predicted octanol–water partition coefficient (Wildman–Crippen LogP) is 17.6. The number of aliphatic hydroxyl groups excluding tert-OH is 2. The van der Waals surface area contributed by atoms with Gasteiger partial charge in [-0.1, -0.05) is 287 Å². The van der Waals surface area contributed by atoms with Gasteiger partial charge in [0.15, 0.2) is 0 Å². The number of allylic oxidation sites excluding steroid dienone is 10. The summed E-state index contributed by atoms with van der Waals surface area (Å²) >= 11 is 0. The van der Waals surface area contributed by atoms with Crippen molar-refractivity contribution in [3.05, 3.63) is 60.8 Å². The van der Waals surface area contributed by atoms with Gasteiger partial charge in [-0.3, -0.25) is 9.59 Å². The van der Waals surface area contributed by atoms with Gasteiger partial charge in [-0.2, -0.15) is 0 Å². The fourth-order valence-corrected chi connectivity index (χ4v) is 8.64. The van der Waals surface area contributed by atoms with Crippen molar-refractivity contribution >= 4 is 11.9 Å². The minimum absolute atomic E-state index is 0.0509. The van der Waals surface area contributed by atoms with Crippen molar-refractivity contribution in [3.63, 3.8) is 0 Å². The number of amides is 1. The summed E-state index contributed by atoms with van der Waals surface area (Å²) in [5, 5.41) is 23.9. The Morgan fingerprint density at radius 3 is 1.23 bits per heavy atom. The highest BCUT2D eigenvalue weighted by Gasteiger charge is 2.24. The highest BCUT2D eigenvalue weighted by Crippen LogP contribution is 2.18. The number of ether oxygens (including phenoxy) is 1. The minimum atomic E-state index is -0.801. The summed E-state index contributed by atoms with van der Waals surface area (Å²) < 4.78 is 5.94. The molecule has 0 aromatic heterocycles. The lowest BCUT2D eigenvalue weighted by Gasteiger charge is -2.24. The van der Waals surface area contributed by atoms with Gasteiger partial charge in [0.25, 0.3) is 0 Å². The van der Waals surface area contributed by atoms with E-state index in [1.807, 2.05) is 30.4 Å². The summed E-state index contributed by atoms with van der Waals surface area (Å²) in [7, 11) is 0. The van der Waals surface area contributed by atoms with Crippen LogP contribution in [0.15, 0.2) is 60.8 Å². The van der Waals surface area contributed by atoms with Crippen LogP contribution >= 0.6 is 0 Å². The van der Waals surface area contributed by atoms with Crippen molar-refractivity contribution < 1.29 is 24.5 Å². The van der Waals surface area contributed by atoms with E-state index in [9.17, 15) is 19.8 Å². The molecular formula is C60H109NO5. The van der Waals surface area contributed by atoms with Crippen LogP contribution in [-0.4, -0.2) is 46.9 Å². The third-order valence-electron chi connectivity index (χ3n) is 13.0. The fraction of sp³-hybridized carbons (Fsp3) is 0.800. The lowest BCUT2D eigenvalue weighted by molar-refractivity contribution is -0.151. The lowest BCUT2D eigenvalue weighted by atomic mass is 10.0. The van der Waals surface area contributed by atoms with Crippen LogP contribution in [0.5, 0.6) is 0 Å². The molecule has 3 unspecified atom stereocenters. The topological polar surface area (TPSA) is 95.9 Å². The number of rotatable bonds is 51. The highest BCUT2D eigenvalue weighted by atomic mass is 16.5. The molecule has 0 heterocycles. The molecule has 0 spiro atoms. The number of carbonyl (C=O) groups is 2. The SMILES string of the molecule is CCC/C=C/C=C/C=C/C=C/C=C/CCCCCC(CC(=O)NC(CO)C(O)CCCCCCCCCCCCCCCCCC)OC(=O)CCCCCCCCCCCCCCCCC. The molecule has 0 fully saturated rings. The zero-order valence-corrected chi connectivity index (χ0v) is 43.8. The van der Waals surface area contributed by atoms with E-state index in [-0.39, 0.29) is 24.9 Å². The molecule has 0 radical (unpaired) electrons. The number of nitrogens with one attached hydrogen (secondary N) is 1. The van der Waals surface area contributed by atoms with E-state index in [2.05, 4.69) is 56.5 Å². The van der Waals surface area contributed by atoms with Gasteiger partial charge < -0.3 is 20.3 Å². The smallest absolute Gasteiger partial charge is 0.306 e. The molecule has 0 saturated carbocycles. The van der Waals surface area contributed by atoms with Gasteiger partial charge in [0.1, 0.15) is 6.10 Å². The Hall–Kier alpha value is -2.44. The molecule has 384 valence electrons. The summed E-state index contributed by atoms with van der Waals surface area (Å²) in [4.78, 5) is 26.3. The number of esters is 1. The second-order valence-electron chi connectivity index (χ2n) is 19.5. The number of hydrogen-bond donors (Lipinski definition) is 3. The predicted molar refractivity (Wildman–Crippen MR) is 287 cm³/mol. The Morgan fingerprint density at radius 2 is 0.803 bits per heavy atom. The summed E-state index contributed by atoms with van der Waals surface area (Å²) in [6, 6.07) is -0.717. The number of carbonyl (C=O) groups excluding carboxylic acids is 2. The molecule has 0 rings (SSSR count). The second kappa shape index (κ2) is 53.5. The van der Waals surface area contributed by atoms with Crippen molar-refractivity contribution in [3.8, 4) is 0 Å². The zero-order valence-electron chi connectivity index (χ0n) is 43.8. The van der Waals surface area contributed by atoms with Gasteiger partial charge in [-0.25, -0.2) is 0 Å². The minimum Gasteiger partial charge on any atom is -0.462 e. The maximum absolute atomic E-state index is 13.3. The molecular weight excluding hydrogens is 815 g/mol. The van der Waals surface area contributed by atoms with E-state index in [1.54, 1.807) is 0 Å². The summed E-state index contributed by atoms with van der Waals surface area (Å²) in [5.41, 5.74) is 0. The molecule has 0 aliphatic heterocycles. The molecule has 1 amide bonds. The molecule has 0 aliphatic carbocycles. The van der Waals surface area contributed by atoms with E-state index in [0.717, 1.165) is 70.6 Å². The maximum atomic E-state index is 13.3. The molecule has 3 atom stereocenters. The van der Waals surface area contributed by atoms with E-state index in [4.69, 9.17) is 4.74 Å². The van der Waals surface area contributed by atoms with Crippen molar-refractivity contribution in [2.45, 2.75) is 302 Å². The second-order valence-corrected chi connectivity index (χ2v) is 19.5. The van der Waals surface area contributed by atoms with Crippen LogP contribution in [0.1, 0.15) is 284 Å². The molecule has 0 aromatic rings.